The van der Waals surface area contributed by atoms with Crippen molar-refractivity contribution in [2.75, 3.05) is 5.32 Å². The molecule has 0 aliphatic rings. The number of nitrogens with zero attached hydrogens (tertiary/aromatic N) is 3. The predicted octanol–water partition coefficient (Wildman–Crippen LogP) is 3.40. The van der Waals surface area contributed by atoms with Crippen LogP contribution < -0.4 is 16.6 Å². The molecule has 3 heterocycles. The second kappa shape index (κ2) is 7.49. The highest BCUT2D eigenvalue weighted by Crippen LogP contribution is 2.28. The first-order valence-electron chi connectivity index (χ1n) is 9.64. The minimum absolute atomic E-state index is 0.00562. The summed E-state index contributed by atoms with van der Waals surface area (Å²) in [7, 11) is 0. The zero-order chi connectivity index (χ0) is 21.6. The lowest BCUT2D eigenvalue weighted by Gasteiger charge is -2.13. The van der Waals surface area contributed by atoms with Crippen molar-refractivity contribution in [3.8, 4) is 0 Å². The molecular formula is C21H21N5O3S. The van der Waals surface area contributed by atoms with Gasteiger partial charge in [0.15, 0.2) is 10.8 Å². The standard InChI is InChI=1S/C21H21N5O3S/c1-5-26-17-16(19(28)25-21(26)29)12(9-14(22-17)10(2)3)18(27)24-20-23-13-7-6-11(4)8-15(13)30-20/h6-10H,5H2,1-4H3,(H,23,24,27)(H,25,28,29). The Morgan fingerprint density at radius 3 is 2.70 bits per heavy atom. The van der Waals surface area contributed by atoms with Crippen LogP contribution in [0.3, 0.4) is 0 Å². The van der Waals surface area contributed by atoms with Gasteiger partial charge in [-0.2, -0.15) is 0 Å². The van der Waals surface area contributed by atoms with Gasteiger partial charge in [-0.3, -0.25) is 24.5 Å². The maximum Gasteiger partial charge on any atom is 0.329 e. The third-order valence-electron chi connectivity index (χ3n) is 4.89. The molecule has 8 nitrogen and oxygen atoms in total. The van der Waals surface area contributed by atoms with Gasteiger partial charge in [0.05, 0.1) is 21.2 Å². The van der Waals surface area contributed by atoms with E-state index in [1.54, 1.807) is 13.0 Å². The Balaban J connectivity index is 1.88. The summed E-state index contributed by atoms with van der Waals surface area (Å²) >= 11 is 1.36. The summed E-state index contributed by atoms with van der Waals surface area (Å²) < 4.78 is 2.32. The fourth-order valence-electron chi connectivity index (χ4n) is 3.31. The van der Waals surface area contributed by atoms with Gasteiger partial charge < -0.3 is 0 Å². The van der Waals surface area contributed by atoms with Crippen LogP contribution in [0.4, 0.5) is 5.13 Å². The molecule has 154 valence electrons. The van der Waals surface area contributed by atoms with E-state index < -0.39 is 17.2 Å². The Kier molecular flexibility index (Phi) is 4.98. The third-order valence-corrected chi connectivity index (χ3v) is 5.82. The molecule has 1 amide bonds. The summed E-state index contributed by atoms with van der Waals surface area (Å²) in [6, 6.07) is 7.48. The summed E-state index contributed by atoms with van der Waals surface area (Å²) in [5.41, 5.74) is 1.73. The minimum Gasteiger partial charge on any atom is -0.298 e. The Bertz CT molecular complexity index is 1410. The minimum atomic E-state index is -0.632. The van der Waals surface area contributed by atoms with Gasteiger partial charge in [-0.05, 0) is 43.5 Å². The van der Waals surface area contributed by atoms with Crippen LogP contribution in [0, 0.1) is 6.92 Å². The summed E-state index contributed by atoms with van der Waals surface area (Å²) in [6.07, 6.45) is 0. The van der Waals surface area contributed by atoms with Gasteiger partial charge in [0.2, 0.25) is 0 Å². The maximum atomic E-state index is 13.2. The molecule has 9 heteroatoms. The SMILES string of the molecule is CCn1c(=O)[nH]c(=O)c2c(C(=O)Nc3nc4ccc(C)cc4s3)cc(C(C)C)nc21. The number of aromatic nitrogens is 4. The van der Waals surface area contributed by atoms with Crippen LogP contribution in [0.25, 0.3) is 21.3 Å². The number of amides is 1. The van der Waals surface area contributed by atoms with Gasteiger partial charge in [0, 0.05) is 12.2 Å². The molecule has 1 aromatic carbocycles. The fourth-order valence-corrected chi connectivity index (χ4v) is 4.27. The maximum absolute atomic E-state index is 13.2. The predicted molar refractivity (Wildman–Crippen MR) is 119 cm³/mol. The van der Waals surface area contributed by atoms with Crippen molar-refractivity contribution in [1.29, 1.82) is 0 Å². The number of pyridine rings is 1. The van der Waals surface area contributed by atoms with Crippen molar-refractivity contribution < 1.29 is 4.79 Å². The highest BCUT2D eigenvalue weighted by atomic mass is 32.1. The molecule has 0 radical (unpaired) electrons. The average molecular weight is 423 g/mol. The first kappa shape index (κ1) is 20.0. The lowest BCUT2D eigenvalue weighted by atomic mass is 10.0. The zero-order valence-corrected chi connectivity index (χ0v) is 17.9. The number of hydrogen-bond acceptors (Lipinski definition) is 6. The first-order chi connectivity index (χ1) is 14.3. The fraction of sp³-hybridized carbons (Fsp3) is 0.286. The van der Waals surface area contributed by atoms with Crippen LogP contribution in [0.5, 0.6) is 0 Å². The van der Waals surface area contributed by atoms with Crippen molar-refractivity contribution in [1.82, 2.24) is 19.5 Å². The van der Waals surface area contributed by atoms with E-state index in [9.17, 15) is 14.4 Å². The summed E-state index contributed by atoms with van der Waals surface area (Å²) in [6.45, 7) is 7.97. The molecule has 4 aromatic rings. The number of hydrogen-bond donors (Lipinski definition) is 2. The van der Waals surface area contributed by atoms with Crippen LogP contribution in [0.15, 0.2) is 33.9 Å². The highest BCUT2D eigenvalue weighted by molar-refractivity contribution is 7.22. The molecule has 0 saturated heterocycles. The zero-order valence-electron chi connectivity index (χ0n) is 17.1. The quantitative estimate of drug-likeness (QED) is 0.523. The van der Waals surface area contributed by atoms with Gasteiger partial charge in [-0.1, -0.05) is 31.3 Å². The number of fused-ring (bicyclic) bond motifs is 2. The number of carbonyl (C=O) groups excluding carboxylic acids is 1. The number of H-pyrrole nitrogens is 1. The van der Waals surface area contributed by atoms with Gasteiger partial charge in [0.25, 0.3) is 11.5 Å². The highest BCUT2D eigenvalue weighted by Gasteiger charge is 2.21. The van der Waals surface area contributed by atoms with Crippen molar-refractivity contribution in [2.24, 2.45) is 0 Å². The monoisotopic (exact) mass is 423 g/mol. The summed E-state index contributed by atoms with van der Waals surface area (Å²) in [5, 5.41) is 3.34. The Morgan fingerprint density at radius 2 is 2.00 bits per heavy atom. The van der Waals surface area contributed by atoms with Gasteiger partial charge in [-0.15, -0.1) is 0 Å². The molecule has 0 bridgehead atoms. The summed E-state index contributed by atoms with van der Waals surface area (Å²) in [5.74, 6) is -0.460. The lowest BCUT2D eigenvalue weighted by molar-refractivity contribution is 0.102. The van der Waals surface area contributed by atoms with E-state index in [0.29, 0.717) is 17.4 Å². The largest absolute Gasteiger partial charge is 0.329 e. The number of aromatic amines is 1. The molecule has 0 unspecified atom stereocenters. The number of aryl methyl sites for hydroxylation is 2. The number of nitrogens with one attached hydrogen (secondary N) is 2. The second-order valence-corrected chi connectivity index (χ2v) is 8.43. The topological polar surface area (TPSA) is 110 Å². The van der Waals surface area contributed by atoms with Crippen LogP contribution in [-0.2, 0) is 6.54 Å². The molecule has 0 aliphatic carbocycles. The molecular weight excluding hydrogens is 402 g/mol. The summed E-state index contributed by atoms with van der Waals surface area (Å²) in [4.78, 5) is 49.3. The van der Waals surface area contributed by atoms with Gasteiger partial charge in [0.1, 0.15) is 0 Å². The Morgan fingerprint density at radius 1 is 1.23 bits per heavy atom. The van der Waals surface area contributed by atoms with Crippen LogP contribution in [0.2, 0.25) is 0 Å². The molecule has 3 aromatic heterocycles. The number of thiazole rings is 1. The molecule has 0 aliphatic heterocycles. The normalized spacial score (nSPS) is 11.5. The van der Waals surface area contributed by atoms with E-state index in [0.717, 1.165) is 15.8 Å². The van der Waals surface area contributed by atoms with E-state index in [4.69, 9.17) is 0 Å². The van der Waals surface area contributed by atoms with E-state index in [1.807, 2.05) is 39.0 Å². The second-order valence-electron chi connectivity index (χ2n) is 7.40. The number of anilines is 1. The van der Waals surface area contributed by atoms with Gasteiger partial charge >= 0.3 is 5.69 Å². The molecule has 2 N–H and O–H groups in total. The first-order valence-corrected chi connectivity index (χ1v) is 10.5. The van der Waals surface area contributed by atoms with Crippen molar-refractivity contribution in [3.63, 3.8) is 0 Å². The lowest BCUT2D eigenvalue weighted by Crippen LogP contribution is -2.32. The van der Waals surface area contributed by atoms with Crippen molar-refractivity contribution in [2.45, 2.75) is 40.2 Å². The molecule has 0 atom stereocenters. The van der Waals surface area contributed by atoms with E-state index >= 15 is 0 Å². The number of benzene rings is 1. The van der Waals surface area contributed by atoms with Crippen LogP contribution in [-0.4, -0.2) is 25.4 Å². The van der Waals surface area contributed by atoms with E-state index in [-0.39, 0.29) is 22.5 Å². The van der Waals surface area contributed by atoms with E-state index in [1.165, 1.54) is 15.9 Å². The smallest absolute Gasteiger partial charge is 0.298 e. The molecule has 4 rings (SSSR count). The Labute approximate surface area is 175 Å². The average Bonchev–Trinajstić information content (AvgIpc) is 3.08. The third kappa shape index (κ3) is 3.41. The molecule has 0 fully saturated rings. The van der Waals surface area contributed by atoms with Crippen LogP contribution in [0.1, 0.15) is 48.3 Å². The van der Waals surface area contributed by atoms with E-state index in [2.05, 4.69) is 20.3 Å². The molecule has 0 spiro atoms. The van der Waals surface area contributed by atoms with Crippen LogP contribution >= 0.6 is 11.3 Å². The molecule has 30 heavy (non-hydrogen) atoms. The number of rotatable bonds is 4. The molecule has 0 saturated carbocycles. The van der Waals surface area contributed by atoms with Crippen molar-refractivity contribution in [3.05, 3.63) is 61.9 Å². The number of carbonyl (C=O) groups is 1. The Hall–Kier alpha value is -3.33. The van der Waals surface area contributed by atoms with Crippen molar-refractivity contribution >= 4 is 43.6 Å². The van der Waals surface area contributed by atoms with Gasteiger partial charge in [-0.25, -0.2) is 14.8 Å².